The van der Waals surface area contributed by atoms with E-state index in [-0.39, 0.29) is 18.1 Å². The molecule has 0 spiro atoms. The number of anilines is 1. The van der Waals surface area contributed by atoms with E-state index in [2.05, 4.69) is 14.9 Å². The maximum atomic E-state index is 12.6. The molecule has 48 heavy (non-hydrogen) atoms. The normalized spacial score (nSPS) is 23.5. The van der Waals surface area contributed by atoms with E-state index >= 15 is 0 Å². The first-order chi connectivity index (χ1) is 23.4. The van der Waals surface area contributed by atoms with Gasteiger partial charge in [0.15, 0.2) is 11.9 Å². The fraction of sp³-hybridized carbons (Fsp3) is 0.371. The lowest BCUT2D eigenvalue weighted by Crippen LogP contribution is -2.39. The van der Waals surface area contributed by atoms with Crippen molar-refractivity contribution < 1.29 is 14.6 Å². The molecule has 4 unspecified atom stereocenters. The Hall–Kier alpha value is -4.32. The van der Waals surface area contributed by atoms with E-state index in [1.54, 1.807) is 30.7 Å². The van der Waals surface area contributed by atoms with Gasteiger partial charge in [-0.25, -0.2) is 29.4 Å². The van der Waals surface area contributed by atoms with Crippen LogP contribution in [0.2, 0.25) is 10.0 Å². The molecule has 11 nitrogen and oxygen atoms in total. The number of piperidine rings is 1. The van der Waals surface area contributed by atoms with Crippen LogP contribution in [0.15, 0.2) is 73.2 Å². The summed E-state index contributed by atoms with van der Waals surface area (Å²) in [6.07, 6.45) is 7.76. The van der Waals surface area contributed by atoms with Crippen molar-refractivity contribution in [3.8, 4) is 11.3 Å². The van der Waals surface area contributed by atoms with Crippen LogP contribution in [0.25, 0.3) is 22.4 Å². The van der Waals surface area contributed by atoms with Crippen LogP contribution < -0.4 is 4.90 Å². The molecule has 1 amide bonds. The first-order valence-electron chi connectivity index (χ1n) is 16.3. The second kappa shape index (κ2) is 12.6. The Morgan fingerprint density at radius 3 is 2.60 bits per heavy atom. The van der Waals surface area contributed by atoms with Gasteiger partial charge >= 0.3 is 6.09 Å². The average Bonchev–Trinajstić information content (AvgIpc) is 3.61. The van der Waals surface area contributed by atoms with Gasteiger partial charge in [0, 0.05) is 50.7 Å². The molecule has 0 radical (unpaired) electrons. The van der Waals surface area contributed by atoms with E-state index < -0.39 is 11.5 Å². The van der Waals surface area contributed by atoms with E-state index in [0.29, 0.717) is 64.5 Å². The van der Waals surface area contributed by atoms with Crippen LogP contribution in [0.4, 0.5) is 10.6 Å². The van der Waals surface area contributed by atoms with Gasteiger partial charge < -0.3 is 19.6 Å². The molecule has 3 fully saturated rings. The Bertz CT molecular complexity index is 1960. The van der Waals surface area contributed by atoms with Crippen LogP contribution in [-0.4, -0.2) is 72.1 Å². The molecule has 13 heteroatoms. The van der Waals surface area contributed by atoms with E-state index in [1.165, 1.54) is 4.90 Å². The highest BCUT2D eigenvalue weighted by Crippen LogP contribution is 2.63. The summed E-state index contributed by atoms with van der Waals surface area (Å²) in [6.45, 7) is 2.67. The fourth-order valence-electron chi connectivity index (χ4n) is 7.71. The number of amides is 1. The van der Waals surface area contributed by atoms with Gasteiger partial charge in [0.2, 0.25) is 0 Å². The van der Waals surface area contributed by atoms with Crippen LogP contribution >= 0.6 is 23.2 Å². The van der Waals surface area contributed by atoms with Crippen molar-refractivity contribution in [1.82, 2.24) is 34.6 Å². The van der Waals surface area contributed by atoms with Crippen molar-refractivity contribution >= 4 is 46.3 Å². The number of aromatic nitrogens is 6. The predicted molar refractivity (Wildman–Crippen MR) is 182 cm³/mol. The van der Waals surface area contributed by atoms with Crippen LogP contribution in [0.1, 0.15) is 43.3 Å². The number of halogens is 2. The van der Waals surface area contributed by atoms with E-state index in [9.17, 15) is 9.90 Å². The second-order valence-electron chi connectivity index (χ2n) is 12.8. The summed E-state index contributed by atoms with van der Waals surface area (Å²) in [4.78, 5) is 35.8. The molecule has 5 heterocycles. The quantitative estimate of drug-likeness (QED) is 0.187. The molecule has 4 atom stereocenters. The molecule has 1 saturated carbocycles. The lowest BCUT2D eigenvalue weighted by molar-refractivity contribution is -0.0368. The maximum absolute atomic E-state index is 12.6. The first kappa shape index (κ1) is 31.0. The van der Waals surface area contributed by atoms with Gasteiger partial charge in [-0.05, 0) is 55.2 Å². The lowest BCUT2D eigenvalue weighted by Gasteiger charge is -2.28. The third kappa shape index (κ3) is 5.43. The third-order valence-corrected chi connectivity index (χ3v) is 10.9. The topological polar surface area (TPSA) is 122 Å². The van der Waals surface area contributed by atoms with Crippen molar-refractivity contribution in [3.63, 3.8) is 0 Å². The van der Waals surface area contributed by atoms with Gasteiger partial charge in [-0.1, -0.05) is 65.7 Å². The van der Waals surface area contributed by atoms with E-state index in [0.717, 1.165) is 43.6 Å². The monoisotopic (exact) mass is 684 g/mol. The summed E-state index contributed by atoms with van der Waals surface area (Å²) in [5.41, 5.74) is 2.99. The summed E-state index contributed by atoms with van der Waals surface area (Å²) < 4.78 is 8.00. The molecular weight excluding hydrogens is 651 g/mol. The lowest BCUT2D eigenvalue weighted by atomic mass is 9.98. The SMILES string of the molecule is O=C(O)N(Cc1ccccc1)CC1(c2ncccn2)C2CCN(c3cnc4c(-c5cccc(Cl)c5Cl)nn(C5CCCCO5)c4n3)CC21. The van der Waals surface area contributed by atoms with Gasteiger partial charge in [-0.2, -0.15) is 5.10 Å². The highest BCUT2D eigenvalue weighted by atomic mass is 35.5. The summed E-state index contributed by atoms with van der Waals surface area (Å²) in [6, 6.07) is 17.0. The number of hydrogen-bond donors (Lipinski definition) is 1. The number of ether oxygens (including phenoxy) is 1. The van der Waals surface area contributed by atoms with E-state index in [1.807, 2.05) is 47.1 Å². The number of nitrogens with zero attached hydrogens (tertiary/aromatic N) is 8. The molecule has 3 aromatic heterocycles. The number of fused-ring (bicyclic) bond motifs is 2. The molecule has 3 aliphatic rings. The standard InChI is InChI=1S/C35H34Cl2N8O3/c36-26-11-6-10-23(29(26)37)30-31-32(45(42-30)28-12-4-5-17-48-28)41-27(18-40-31)43-16-13-24-25(20-43)35(24,33-38-14-7-15-39-33)21-44(34(46)47)19-22-8-2-1-3-9-22/h1-3,6-11,14-15,18,24-25,28H,4-5,12-13,16-17,19-21H2,(H,46,47). The molecule has 1 N–H and O–H groups in total. The Morgan fingerprint density at radius 2 is 1.83 bits per heavy atom. The zero-order valence-corrected chi connectivity index (χ0v) is 27.6. The smallest absolute Gasteiger partial charge is 0.407 e. The van der Waals surface area contributed by atoms with Crippen molar-refractivity contribution in [2.75, 3.05) is 31.1 Å². The largest absolute Gasteiger partial charge is 0.465 e. The van der Waals surface area contributed by atoms with Crippen molar-refractivity contribution in [2.24, 2.45) is 11.8 Å². The van der Waals surface area contributed by atoms with Crippen molar-refractivity contribution in [3.05, 3.63) is 94.6 Å². The minimum absolute atomic E-state index is 0.135. The molecule has 2 aromatic carbocycles. The predicted octanol–water partition coefficient (Wildman–Crippen LogP) is 6.86. The highest BCUT2D eigenvalue weighted by molar-refractivity contribution is 6.43. The molecule has 1 aliphatic carbocycles. The third-order valence-electron chi connectivity index (χ3n) is 10.1. The minimum Gasteiger partial charge on any atom is -0.465 e. The van der Waals surface area contributed by atoms with Gasteiger partial charge in [0.05, 0.1) is 21.7 Å². The first-order valence-corrected chi connectivity index (χ1v) is 17.0. The minimum atomic E-state index is -0.959. The summed E-state index contributed by atoms with van der Waals surface area (Å²) in [5.74, 6) is 1.80. The number of carbonyl (C=O) groups is 1. The molecule has 246 valence electrons. The van der Waals surface area contributed by atoms with Crippen LogP contribution in [0.3, 0.4) is 0 Å². The van der Waals surface area contributed by atoms with Crippen LogP contribution in [-0.2, 0) is 16.7 Å². The molecule has 2 aliphatic heterocycles. The van der Waals surface area contributed by atoms with E-state index in [4.69, 9.17) is 43.0 Å². The number of rotatable bonds is 8. The Balaban J connectivity index is 1.13. The van der Waals surface area contributed by atoms with Crippen LogP contribution in [0, 0.1) is 11.8 Å². The Morgan fingerprint density at radius 1 is 1.00 bits per heavy atom. The zero-order chi connectivity index (χ0) is 32.8. The molecule has 5 aromatic rings. The summed E-state index contributed by atoms with van der Waals surface area (Å²) in [5, 5.41) is 16.1. The summed E-state index contributed by atoms with van der Waals surface area (Å²) in [7, 11) is 0. The van der Waals surface area contributed by atoms with Gasteiger partial charge in [0.25, 0.3) is 0 Å². The van der Waals surface area contributed by atoms with Gasteiger partial charge in [0.1, 0.15) is 22.9 Å². The summed E-state index contributed by atoms with van der Waals surface area (Å²) >= 11 is 13.0. The highest BCUT2D eigenvalue weighted by Gasteiger charge is 2.69. The van der Waals surface area contributed by atoms with Crippen molar-refractivity contribution in [1.29, 1.82) is 0 Å². The van der Waals surface area contributed by atoms with Crippen molar-refractivity contribution in [2.45, 2.75) is 43.9 Å². The van der Waals surface area contributed by atoms with Gasteiger partial charge in [-0.15, -0.1) is 0 Å². The molecular formula is C35H34Cl2N8O3. The molecule has 0 bridgehead atoms. The zero-order valence-electron chi connectivity index (χ0n) is 26.1. The number of hydrogen-bond acceptors (Lipinski definition) is 8. The number of carboxylic acid groups (broad SMARTS) is 1. The van der Waals surface area contributed by atoms with Crippen LogP contribution in [0.5, 0.6) is 0 Å². The fourth-order valence-corrected chi connectivity index (χ4v) is 8.10. The Labute approximate surface area is 287 Å². The average molecular weight is 686 g/mol. The number of benzene rings is 2. The van der Waals surface area contributed by atoms with Gasteiger partial charge in [-0.3, -0.25) is 0 Å². The second-order valence-corrected chi connectivity index (χ2v) is 13.6. The maximum Gasteiger partial charge on any atom is 0.407 e. The molecule has 2 saturated heterocycles. The Kier molecular flexibility index (Phi) is 8.14. The molecule has 8 rings (SSSR count).